The van der Waals surface area contributed by atoms with E-state index < -0.39 is 0 Å². The van der Waals surface area contributed by atoms with E-state index in [1.807, 2.05) is 18.2 Å². The Morgan fingerprint density at radius 1 is 1.35 bits per heavy atom. The van der Waals surface area contributed by atoms with Gasteiger partial charge in [0.15, 0.2) is 4.67 Å². The monoisotopic (exact) mass is 315 g/mol. The lowest BCUT2D eigenvalue weighted by molar-refractivity contribution is 0.414. The summed E-state index contributed by atoms with van der Waals surface area (Å²) in [5, 5.41) is 0.574. The molecule has 0 bridgehead atoms. The molecule has 1 aromatic heterocycles. The van der Waals surface area contributed by atoms with Gasteiger partial charge in [-0.05, 0) is 39.7 Å². The zero-order valence-electron chi connectivity index (χ0n) is 9.11. The van der Waals surface area contributed by atoms with Gasteiger partial charge in [-0.1, -0.05) is 17.7 Å². The quantitative estimate of drug-likeness (QED) is 0.938. The minimum Gasteiger partial charge on any atom is -0.497 e. The number of hydrogen-bond acceptors (Lipinski definition) is 3. The zero-order valence-corrected chi connectivity index (χ0v) is 11.5. The van der Waals surface area contributed by atoms with Crippen molar-refractivity contribution >= 4 is 27.5 Å². The number of methoxy groups -OCH3 is 1. The third-order valence-corrected chi connectivity index (χ3v) is 3.50. The highest BCUT2D eigenvalue weighted by Crippen LogP contribution is 2.33. The van der Waals surface area contributed by atoms with Crippen LogP contribution in [0.25, 0.3) is 0 Å². The Hall–Kier alpha value is -0.970. The number of ether oxygens (including phenoxy) is 1. The van der Waals surface area contributed by atoms with Crippen molar-refractivity contribution in [1.29, 1.82) is 0 Å². The molecule has 0 aliphatic heterocycles. The van der Waals surface area contributed by atoms with Crippen molar-refractivity contribution < 1.29 is 9.15 Å². The molecule has 0 spiro atoms. The molecule has 5 heteroatoms. The second-order valence-electron chi connectivity index (χ2n) is 3.51. The molecule has 0 saturated heterocycles. The Morgan fingerprint density at radius 2 is 2.12 bits per heavy atom. The molecule has 0 aliphatic carbocycles. The van der Waals surface area contributed by atoms with E-state index in [4.69, 9.17) is 26.5 Å². The average molecular weight is 317 g/mol. The van der Waals surface area contributed by atoms with Crippen molar-refractivity contribution in [2.75, 3.05) is 7.11 Å². The first-order valence-electron chi connectivity index (χ1n) is 4.95. The highest BCUT2D eigenvalue weighted by molar-refractivity contribution is 9.10. The topological polar surface area (TPSA) is 48.4 Å². The van der Waals surface area contributed by atoms with Crippen LogP contribution in [-0.4, -0.2) is 7.11 Å². The largest absolute Gasteiger partial charge is 0.497 e. The van der Waals surface area contributed by atoms with Crippen LogP contribution in [0.2, 0.25) is 5.02 Å². The second kappa shape index (κ2) is 5.12. The van der Waals surface area contributed by atoms with Crippen LogP contribution in [0.15, 0.2) is 39.6 Å². The smallest absolute Gasteiger partial charge is 0.174 e. The molecule has 3 nitrogen and oxygen atoms in total. The lowest BCUT2D eigenvalue weighted by Gasteiger charge is -2.13. The molecule has 1 aromatic carbocycles. The van der Waals surface area contributed by atoms with Gasteiger partial charge in [-0.15, -0.1) is 0 Å². The van der Waals surface area contributed by atoms with E-state index in [1.54, 1.807) is 19.4 Å². The molecule has 1 unspecified atom stereocenters. The minimum absolute atomic E-state index is 0.332. The standard InChI is InChI=1S/C12H11BrClNO2/c1-16-7-2-3-8(10(14)6-7)11(15)9-4-5-17-12(9)13/h2-6,11H,15H2,1H3. The Morgan fingerprint density at radius 3 is 2.65 bits per heavy atom. The van der Waals surface area contributed by atoms with Gasteiger partial charge in [0.2, 0.25) is 0 Å². The van der Waals surface area contributed by atoms with Gasteiger partial charge >= 0.3 is 0 Å². The van der Waals surface area contributed by atoms with Crippen LogP contribution in [0.3, 0.4) is 0 Å². The van der Waals surface area contributed by atoms with Crippen LogP contribution >= 0.6 is 27.5 Å². The first-order valence-corrected chi connectivity index (χ1v) is 6.12. The Balaban J connectivity index is 2.38. The van der Waals surface area contributed by atoms with Crippen molar-refractivity contribution in [2.45, 2.75) is 6.04 Å². The summed E-state index contributed by atoms with van der Waals surface area (Å²) in [5.74, 6) is 0.706. The molecule has 2 aromatic rings. The van der Waals surface area contributed by atoms with Crippen LogP contribution in [0, 0.1) is 0 Å². The van der Waals surface area contributed by atoms with E-state index in [-0.39, 0.29) is 6.04 Å². The summed E-state index contributed by atoms with van der Waals surface area (Å²) in [7, 11) is 1.60. The van der Waals surface area contributed by atoms with Crippen LogP contribution < -0.4 is 10.5 Å². The molecular formula is C12H11BrClNO2. The number of nitrogens with two attached hydrogens (primary N) is 1. The van der Waals surface area contributed by atoms with Crippen LogP contribution in [0.1, 0.15) is 17.2 Å². The van der Waals surface area contributed by atoms with Crippen LogP contribution in [-0.2, 0) is 0 Å². The van der Waals surface area contributed by atoms with Gasteiger partial charge < -0.3 is 14.9 Å². The highest BCUT2D eigenvalue weighted by atomic mass is 79.9. The van der Waals surface area contributed by atoms with E-state index in [0.717, 1.165) is 11.1 Å². The summed E-state index contributed by atoms with van der Waals surface area (Å²) in [6.45, 7) is 0. The Kier molecular flexibility index (Phi) is 3.76. The SMILES string of the molecule is COc1ccc(C(N)c2ccoc2Br)c(Cl)c1. The maximum absolute atomic E-state index is 6.17. The fourth-order valence-electron chi connectivity index (χ4n) is 1.58. The lowest BCUT2D eigenvalue weighted by atomic mass is 10.0. The summed E-state index contributed by atoms with van der Waals surface area (Å²) in [6.07, 6.45) is 1.58. The molecule has 17 heavy (non-hydrogen) atoms. The number of furan rings is 1. The molecule has 0 fully saturated rings. The van der Waals surface area contributed by atoms with Crippen molar-refractivity contribution in [1.82, 2.24) is 0 Å². The number of hydrogen-bond donors (Lipinski definition) is 1. The van der Waals surface area contributed by atoms with Gasteiger partial charge in [-0.25, -0.2) is 0 Å². The predicted octanol–water partition coefficient (Wildman–Crippen LogP) is 3.75. The molecule has 1 heterocycles. The summed E-state index contributed by atoms with van der Waals surface area (Å²) in [4.78, 5) is 0. The fourth-order valence-corrected chi connectivity index (χ4v) is 2.36. The number of rotatable bonds is 3. The molecular weight excluding hydrogens is 305 g/mol. The van der Waals surface area contributed by atoms with E-state index in [2.05, 4.69) is 15.9 Å². The molecule has 90 valence electrons. The first kappa shape index (κ1) is 12.5. The summed E-state index contributed by atoms with van der Waals surface area (Å²) in [5.41, 5.74) is 7.83. The molecule has 0 radical (unpaired) electrons. The molecule has 2 N–H and O–H groups in total. The van der Waals surface area contributed by atoms with Gasteiger partial charge in [0.1, 0.15) is 5.75 Å². The van der Waals surface area contributed by atoms with E-state index in [1.165, 1.54) is 0 Å². The van der Waals surface area contributed by atoms with Crippen molar-refractivity contribution in [3.63, 3.8) is 0 Å². The van der Waals surface area contributed by atoms with Gasteiger partial charge in [-0.2, -0.15) is 0 Å². The first-order chi connectivity index (χ1) is 8.13. The van der Waals surface area contributed by atoms with Gasteiger partial charge in [0, 0.05) is 10.6 Å². The van der Waals surface area contributed by atoms with Crippen molar-refractivity contribution in [3.05, 3.63) is 51.3 Å². The highest BCUT2D eigenvalue weighted by Gasteiger charge is 2.17. The number of benzene rings is 1. The van der Waals surface area contributed by atoms with Crippen LogP contribution in [0.4, 0.5) is 0 Å². The summed E-state index contributed by atoms with van der Waals surface area (Å²) < 4.78 is 10.9. The molecule has 1 atom stereocenters. The predicted molar refractivity (Wildman–Crippen MR) is 70.4 cm³/mol. The third-order valence-electron chi connectivity index (χ3n) is 2.52. The van der Waals surface area contributed by atoms with Gasteiger partial charge in [-0.3, -0.25) is 0 Å². The average Bonchev–Trinajstić information content (AvgIpc) is 2.74. The van der Waals surface area contributed by atoms with Crippen LogP contribution in [0.5, 0.6) is 5.75 Å². The van der Waals surface area contributed by atoms with Crippen molar-refractivity contribution in [3.8, 4) is 5.75 Å². The lowest BCUT2D eigenvalue weighted by Crippen LogP contribution is -2.12. The second-order valence-corrected chi connectivity index (χ2v) is 4.64. The number of halogens is 2. The van der Waals surface area contributed by atoms with Gasteiger partial charge in [0.25, 0.3) is 0 Å². The van der Waals surface area contributed by atoms with E-state index >= 15 is 0 Å². The minimum atomic E-state index is -0.332. The maximum atomic E-state index is 6.17. The fraction of sp³-hybridized carbons (Fsp3) is 0.167. The Bertz CT molecular complexity index is 527. The third kappa shape index (κ3) is 2.49. The summed E-state index contributed by atoms with van der Waals surface area (Å²) >= 11 is 9.47. The normalized spacial score (nSPS) is 12.5. The molecule has 0 amide bonds. The van der Waals surface area contributed by atoms with E-state index in [0.29, 0.717) is 15.4 Å². The Labute approximate surface area is 113 Å². The molecule has 0 saturated carbocycles. The molecule has 0 aliphatic rings. The van der Waals surface area contributed by atoms with Gasteiger partial charge in [0.05, 0.1) is 19.4 Å². The molecule has 2 rings (SSSR count). The zero-order chi connectivity index (χ0) is 12.4. The summed E-state index contributed by atoms with van der Waals surface area (Å²) in [6, 6.07) is 6.90. The van der Waals surface area contributed by atoms with E-state index in [9.17, 15) is 0 Å². The van der Waals surface area contributed by atoms with Crippen molar-refractivity contribution in [2.24, 2.45) is 5.73 Å². The maximum Gasteiger partial charge on any atom is 0.174 e.